The lowest BCUT2D eigenvalue weighted by molar-refractivity contribution is -0.151. The van der Waals surface area contributed by atoms with E-state index in [4.69, 9.17) is 56.5 Å². The second-order valence-corrected chi connectivity index (χ2v) is 27.1. The van der Waals surface area contributed by atoms with Crippen molar-refractivity contribution in [3.63, 3.8) is 0 Å². The third-order valence-corrected chi connectivity index (χ3v) is 15.8. The maximum absolute atomic E-state index is 14.7. The summed E-state index contributed by atoms with van der Waals surface area (Å²) in [4.78, 5) is 79.2. The highest BCUT2D eigenvalue weighted by Gasteiger charge is 2.43. The molecule has 4 aromatic rings. The zero-order valence-corrected chi connectivity index (χ0v) is 53.9. The average Bonchev–Trinajstić information content (AvgIpc) is 4.11. The molecule has 11 N–H and O–H groups in total. The molecule has 4 rings (SSSR count). The van der Waals surface area contributed by atoms with Gasteiger partial charge in [-0.1, -0.05) is 80.1 Å². The number of halogens is 1. The highest BCUT2D eigenvalue weighted by Crippen LogP contribution is 2.42. The van der Waals surface area contributed by atoms with Gasteiger partial charge in [-0.05, 0) is 112 Å². The number of hydrogen-bond donors (Lipinski definition) is 7. The number of nitrogens with one attached hydrogen (secondary N) is 2. The van der Waals surface area contributed by atoms with Crippen LogP contribution in [0.2, 0.25) is 0 Å². The molecule has 0 spiro atoms. The molecular formula is C54H100ClN13O12P2. The lowest BCUT2D eigenvalue weighted by Gasteiger charge is -2.36. The lowest BCUT2D eigenvalue weighted by atomic mass is 9.99. The molecule has 25 nitrogen and oxygen atoms in total. The van der Waals surface area contributed by atoms with Crippen molar-refractivity contribution in [2.24, 2.45) is 17.8 Å². The molecule has 0 aromatic carbocycles. The fourth-order valence-electron chi connectivity index (χ4n) is 8.76. The number of aromatic nitrogens is 8. The minimum atomic E-state index is -4.16. The quantitative estimate of drug-likeness (QED) is 0.00974. The molecule has 0 unspecified atom stereocenters. The molecule has 4 aromatic heterocycles. The van der Waals surface area contributed by atoms with Gasteiger partial charge in [0.25, 0.3) is 0 Å². The number of nitrogen functional groups attached to an aromatic ring is 2. The summed E-state index contributed by atoms with van der Waals surface area (Å²) in [5.74, 6) is 0.184. The van der Waals surface area contributed by atoms with Crippen LogP contribution >= 0.6 is 26.6 Å². The number of hydrogen-bond acceptors (Lipinski definition) is 19. The van der Waals surface area contributed by atoms with Crippen molar-refractivity contribution < 1.29 is 57.0 Å². The summed E-state index contributed by atoms with van der Waals surface area (Å²) in [5.41, 5.74) is 10.9. The maximum Gasteiger partial charge on any atom is 0.350 e. The predicted molar refractivity (Wildman–Crippen MR) is 322 cm³/mol. The number of ether oxygens (including phenoxy) is 5. The van der Waals surface area contributed by atoms with Crippen LogP contribution in [0.3, 0.4) is 0 Å². The Labute approximate surface area is 491 Å². The molecule has 0 amide bonds. The molecule has 28 heteroatoms. The molecule has 0 fully saturated rings. The normalized spacial score (nSPS) is 13.1. The van der Waals surface area contributed by atoms with Crippen LogP contribution in [0.4, 0.5) is 11.6 Å². The van der Waals surface area contributed by atoms with E-state index >= 15 is 0 Å². The number of rotatable bonds is 35. The van der Waals surface area contributed by atoms with E-state index in [-0.39, 0.29) is 41.9 Å². The number of anilines is 2. The van der Waals surface area contributed by atoms with Crippen LogP contribution in [-0.4, -0.2) is 127 Å². The van der Waals surface area contributed by atoms with Gasteiger partial charge in [0, 0.05) is 0 Å². The molecule has 0 bridgehead atoms. The van der Waals surface area contributed by atoms with E-state index in [1.54, 1.807) is 63.9 Å². The Morgan fingerprint density at radius 1 is 0.573 bits per heavy atom. The van der Waals surface area contributed by atoms with Gasteiger partial charge in [0.2, 0.25) is 7.44 Å². The molecule has 4 heterocycles. The van der Waals surface area contributed by atoms with Gasteiger partial charge in [-0.3, -0.25) is 23.5 Å². The number of esters is 3. The minimum absolute atomic E-state index is 0. The molecule has 0 saturated carbocycles. The molecule has 82 heavy (non-hydrogen) atoms. The zero-order valence-electron chi connectivity index (χ0n) is 51.3. The van der Waals surface area contributed by atoms with Gasteiger partial charge in [0.15, 0.2) is 22.9 Å². The smallest absolute Gasteiger partial charge is 0.350 e. The third-order valence-electron chi connectivity index (χ3n) is 12.8. The summed E-state index contributed by atoms with van der Waals surface area (Å²) in [6.45, 7) is 27.8. The average molecular weight is 1220 g/mol. The first kappa shape index (κ1) is 75.6. The number of carbonyl (C=O) groups excluding carboxylic acids is 3. The summed E-state index contributed by atoms with van der Waals surface area (Å²) >= 11 is 5.85. The third kappa shape index (κ3) is 27.1. The number of carbonyl (C=O) groups is 3. The van der Waals surface area contributed by atoms with E-state index in [9.17, 15) is 23.5 Å². The molecule has 0 saturated heterocycles. The molecular weight excluding hydrogens is 1120 g/mol. The first-order chi connectivity index (χ1) is 37.9. The summed E-state index contributed by atoms with van der Waals surface area (Å²) in [7, 11) is -7.97. The van der Waals surface area contributed by atoms with Gasteiger partial charge < -0.3 is 60.2 Å². The van der Waals surface area contributed by atoms with E-state index in [1.165, 1.54) is 19.0 Å². The molecule has 0 aliphatic carbocycles. The maximum atomic E-state index is 14.7. The summed E-state index contributed by atoms with van der Waals surface area (Å²) in [6, 6.07) is 0. The van der Waals surface area contributed by atoms with E-state index in [1.807, 2.05) is 6.92 Å². The second kappa shape index (κ2) is 36.4. The van der Waals surface area contributed by atoms with Crippen LogP contribution in [0.5, 0.6) is 0 Å². The monoisotopic (exact) mass is 1220 g/mol. The van der Waals surface area contributed by atoms with E-state index in [0.29, 0.717) is 61.2 Å². The number of imidazole rings is 2. The largest absolute Gasteiger partial charge is 0.464 e. The molecule has 2 atom stereocenters. The molecule has 0 aliphatic heterocycles. The van der Waals surface area contributed by atoms with Crippen LogP contribution < -0.4 is 27.8 Å². The fourth-order valence-corrected chi connectivity index (χ4v) is 11.9. The van der Waals surface area contributed by atoms with Crippen LogP contribution in [0.1, 0.15) is 174 Å². The first-order valence-corrected chi connectivity index (χ1v) is 32.4. The van der Waals surface area contributed by atoms with Crippen molar-refractivity contribution in [1.29, 1.82) is 0 Å². The van der Waals surface area contributed by atoms with Gasteiger partial charge in [0.05, 0.1) is 57.8 Å². The van der Waals surface area contributed by atoms with Crippen LogP contribution in [-0.2, 0) is 60.3 Å². The van der Waals surface area contributed by atoms with Crippen molar-refractivity contribution in [2.75, 3.05) is 44.0 Å². The molecule has 470 valence electrons. The van der Waals surface area contributed by atoms with Gasteiger partial charge in [-0.2, -0.15) is 0 Å². The van der Waals surface area contributed by atoms with Crippen LogP contribution in [0.15, 0.2) is 25.3 Å². The highest BCUT2D eigenvalue weighted by atomic mass is 35.5. The van der Waals surface area contributed by atoms with Crippen molar-refractivity contribution in [3.8, 4) is 0 Å². The van der Waals surface area contributed by atoms with Crippen LogP contribution in [0, 0.1) is 17.8 Å². The summed E-state index contributed by atoms with van der Waals surface area (Å²) in [5, 5.41) is 6.01. The Hall–Kier alpha value is -4.42. The van der Waals surface area contributed by atoms with Crippen molar-refractivity contribution >= 4 is 78.5 Å². The number of fused-ring (bicyclic) bond motifs is 2. The van der Waals surface area contributed by atoms with Crippen molar-refractivity contribution in [3.05, 3.63) is 25.3 Å². The zero-order chi connectivity index (χ0) is 61.2. The van der Waals surface area contributed by atoms with Crippen LogP contribution in [0.25, 0.3) is 22.3 Å². The topological polar surface area (TPSA) is 370 Å². The predicted octanol–water partition coefficient (Wildman–Crippen LogP) is 10.1. The van der Waals surface area contributed by atoms with Gasteiger partial charge in [-0.15, -0.1) is 11.6 Å². The Bertz CT molecular complexity index is 2540. The minimum Gasteiger partial charge on any atom is -0.464 e. The first-order valence-electron chi connectivity index (χ1n) is 28.4. The summed E-state index contributed by atoms with van der Waals surface area (Å²) < 4.78 is 56.7. The van der Waals surface area contributed by atoms with Crippen molar-refractivity contribution in [2.45, 2.75) is 215 Å². The van der Waals surface area contributed by atoms with E-state index in [0.717, 1.165) is 77.0 Å². The summed E-state index contributed by atoms with van der Waals surface area (Å²) in [6.07, 6.45) is 16.3. The molecule has 0 aliphatic rings. The second-order valence-electron chi connectivity index (χ2n) is 22.3. The Balaban J connectivity index is 0.000000778. The van der Waals surface area contributed by atoms with E-state index in [2.05, 4.69) is 81.6 Å². The Kier molecular flexibility index (Phi) is 33.6. The number of alkyl halides is 1. The standard InChI is InChI=1S/C33H60N7O6P.C12H23ClO2.C9H14N5O4P.H3N/c1-10-14-25(15-11-2)19-44-30(41)32(6,7)38-47(43,39-33(8,9)31(42)45-20-26(16-12-3)17-13-4)23-46-24(5)18-40-22-37-27-28(34)35-21-36-29(27)40;1-5-7-10(8-6-2)9-15-11(14)12(3,4)13;1-6(18-5-19(15,16)17)2-14-4-13-7-8(10)11-3-12-9(7)14;/h21-22,24-26H,10-20,23H2,1-9H3,(H2,34,35,36)(H2,38,39,43);10H,5-9H2,1-4H3;3-4,6H,2,5H2,1H3,(H2,10,11,12)(H2,15,16,17);1H3/t24-;;6-;/m1.1./s1. The Morgan fingerprint density at radius 3 is 1.20 bits per heavy atom. The SMILES string of the molecule is CCCC(CCC)COC(=O)C(C)(C)Cl.CCCC(CCC)COC(=O)C(C)(C)NP(=O)(CO[C@H](C)Cn1cnc2c(N)ncnc21)NC(C)(C)C(=O)OCC(CCC)CCC.C[C@H](Cn1cnc2c(N)ncnc21)OCP(=O)(O)O.N. The number of nitrogens with zero attached hydrogens (tertiary/aromatic N) is 8. The van der Waals surface area contributed by atoms with Gasteiger partial charge >= 0.3 is 25.5 Å². The Morgan fingerprint density at radius 2 is 0.890 bits per heavy atom. The van der Waals surface area contributed by atoms with Crippen molar-refractivity contribution in [1.82, 2.24) is 55.4 Å². The fraction of sp³-hybridized carbons (Fsp3) is 0.759. The highest BCUT2D eigenvalue weighted by molar-refractivity contribution is 7.59. The lowest BCUT2D eigenvalue weighted by Crippen LogP contribution is -2.54. The van der Waals surface area contributed by atoms with Gasteiger partial charge in [-0.25, -0.2) is 40.1 Å². The molecule has 0 radical (unpaired) electrons. The van der Waals surface area contributed by atoms with Gasteiger partial charge in [0.1, 0.15) is 52.3 Å². The number of nitrogens with two attached hydrogens (primary N) is 2. The van der Waals surface area contributed by atoms with E-state index < -0.39 is 61.5 Å².